The fourth-order valence-electron chi connectivity index (χ4n) is 1.23. The van der Waals surface area contributed by atoms with Gasteiger partial charge in [0.05, 0.1) is 0 Å². The summed E-state index contributed by atoms with van der Waals surface area (Å²) in [7, 11) is 0. The third-order valence-electron chi connectivity index (χ3n) is 1.76. The normalized spacial score (nSPS) is 11.6. The van der Waals surface area contributed by atoms with Crippen LogP contribution in [0.5, 0.6) is 5.75 Å². The monoisotopic (exact) mass is 364 g/mol. The van der Waals surface area contributed by atoms with E-state index in [1.165, 1.54) is 12.1 Å². The third kappa shape index (κ3) is 5.25. The van der Waals surface area contributed by atoms with Gasteiger partial charge in [-0.1, -0.05) is 0 Å². The molecule has 0 radical (unpaired) electrons. The molecular formula is C10H9ClF3IO. The minimum atomic E-state index is -4.64. The van der Waals surface area contributed by atoms with Gasteiger partial charge in [-0.2, -0.15) is 0 Å². The van der Waals surface area contributed by atoms with Crippen LogP contribution in [0.25, 0.3) is 0 Å². The van der Waals surface area contributed by atoms with Crippen molar-refractivity contribution in [1.29, 1.82) is 0 Å². The zero-order valence-corrected chi connectivity index (χ0v) is 11.1. The topological polar surface area (TPSA) is 9.23 Å². The Morgan fingerprint density at radius 3 is 2.50 bits per heavy atom. The Balaban J connectivity index is 2.81. The molecule has 0 fully saturated rings. The molecule has 1 aromatic rings. The van der Waals surface area contributed by atoms with Crippen LogP contribution in [-0.4, -0.2) is 12.2 Å². The first-order valence-corrected chi connectivity index (χ1v) is 6.13. The van der Waals surface area contributed by atoms with E-state index in [4.69, 9.17) is 11.6 Å². The average Bonchev–Trinajstić information content (AvgIpc) is 2.10. The van der Waals surface area contributed by atoms with Crippen molar-refractivity contribution in [2.24, 2.45) is 0 Å². The van der Waals surface area contributed by atoms with Crippen LogP contribution in [0.4, 0.5) is 13.2 Å². The second-order valence-electron chi connectivity index (χ2n) is 3.14. The number of hydrogen-bond donors (Lipinski definition) is 0. The van der Waals surface area contributed by atoms with E-state index in [9.17, 15) is 13.2 Å². The molecule has 0 amide bonds. The van der Waals surface area contributed by atoms with Gasteiger partial charge in [0.15, 0.2) is 0 Å². The zero-order valence-electron chi connectivity index (χ0n) is 8.15. The van der Waals surface area contributed by atoms with E-state index in [2.05, 4.69) is 4.74 Å². The maximum absolute atomic E-state index is 12.0. The maximum Gasteiger partial charge on any atom is 0.573 e. The number of rotatable bonds is 4. The summed E-state index contributed by atoms with van der Waals surface area (Å²) in [6.45, 7) is 0. The lowest BCUT2D eigenvalue weighted by Gasteiger charge is -2.10. The Morgan fingerprint density at radius 2 is 1.94 bits per heavy atom. The van der Waals surface area contributed by atoms with E-state index in [1.54, 1.807) is 0 Å². The van der Waals surface area contributed by atoms with Gasteiger partial charge in [0.25, 0.3) is 0 Å². The molecule has 0 saturated carbocycles. The fourth-order valence-corrected chi connectivity index (χ4v) is 2.07. The summed E-state index contributed by atoms with van der Waals surface area (Å²) in [5, 5.41) is 0. The van der Waals surface area contributed by atoms with Gasteiger partial charge in [0.1, 0.15) is 5.75 Å². The van der Waals surface area contributed by atoms with Crippen LogP contribution in [-0.2, 0) is 6.42 Å². The van der Waals surface area contributed by atoms with Crippen LogP contribution >= 0.6 is 34.2 Å². The molecule has 0 saturated heterocycles. The van der Waals surface area contributed by atoms with E-state index in [-0.39, 0.29) is 5.75 Å². The Kier molecular flexibility index (Phi) is 5.17. The molecule has 0 spiro atoms. The van der Waals surface area contributed by atoms with E-state index in [1.807, 2.05) is 28.7 Å². The molecule has 0 heterocycles. The maximum atomic E-state index is 12.0. The summed E-state index contributed by atoms with van der Waals surface area (Å²) in [5.41, 5.74) is 0.798. The standard InChI is InChI=1S/C10H9ClF3IO/c11-3-1-2-7-4-8(15)6-9(5-7)16-10(12,13)14/h4-6H,1-3H2. The second kappa shape index (κ2) is 5.95. The van der Waals surface area contributed by atoms with Gasteiger partial charge in [-0.3, -0.25) is 0 Å². The van der Waals surface area contributed by atoms with Crippen LogP contribution in [0.2, 0.25) is 0 Å². The predicted molar refractivity (Wildman–Crippen MR) is 64.9 cm³/mol. The summed E-state index contributed by atoms with van der Waals surface area (Å²) in [4.78, 5) is 0. The average molecular weight is 365 g/mol. The van der Waals surface area contributed by atoms with Crippen LogP contribution < -0.4 is 4.74 Å². The van der Waals surface area contributed by atoms with Crippen molar-refractivity contribution in [3.05, 3.63) is 27.3 Å². The first kappa shape index (κ1) is 13.9. The Labute approximate surface area is 110 Å². The van der Waals surface area contributed by atoms with Crippen molar-refractivity contribution >= 4 is 34.2 Å². The first-order valence-electron chi connectivity index (χ1n) is 4.52. The molecule has 1 nitrogen and oxygen atoms in total. The quantitative estimate of drug-likeness (QED) is 0.570. The zero-order chi connectivity index (χ0) is 12.2. The molecule has 0 aliphatic heterocycles. The highest BCUT2D eigenvalue weighted by Gasteiger charge is 2.31. The first-order chi connectivity index (χ1) is 7.40. The van der Waals surface area contributed by atoms with Gasteiger partial charge in [0, 0.05) is 9.45 Å². The predicted octanol–water partition coefficient (Wildman–Crippen LogP) is 4.36. The molecule has 0 N–H and O–H groups in total. The number of alkyl halides is 4. The van der Waals surface area contributed by atoms with E-state index >= 15 is 0 Å². The summed E-state index contributed by atoms with van der Waals surface area (Å²) in [6, 6.07) is 4.55. The SMILES string of the molecule is FC(F)(F)Oc1cc(I)cc(CCCCl)c1. The minimum Gasteiger partial charge on any atom is -0.406 e. The lowest BCUT2D eigenvalue weighted by molar-refractivity contribution is -0.274. The van der Waals surface area contributed by atoms with Gasteiger partial charge in [-0.15, -0.1) is 24.8 Å². The number of aryl methyl sites for hydroxylation is 1. The van der Waals surface area contributed by atoms with Crippen molar-refractivity contribution < 1.29 is 17.9 Å². The number of halogens is 5. The molecule has 1 aromatic carbocycles. The molecule has 0 aliphatic rings. The van der Waals surface area contributed by atoms with Crippen molar-refractivity contribution in [1.82, 2.24) is 0 Å². The molecule has 1 rings (SSSR count). The number of benzene rings is 1. The van der Waals surface area contributed by atoms with Gasteiger partial charge in [-0.25, -0.2) is 0 Å². The van der Waals surface area contributed by atoms with E-state index in [0.717, 1.165) is 12.0 Å². The highest BCUT2D eigenvalue weighted by molar-refractivity contribution is 14.1. The number of hydrogen-bond acceptors (Lipinski definition) is 1. The third-order valence-corrected chi connectivity index (χ3v) is 2.65. The minimum absolute atomic E-state index is 0.177. The molecule has 16 heavy (non-hydrogen) atoms. The van der Waals surface area contributed by atoms with Gasteiger partial charge in [-0.05, 0) is 59.2 Å². The summed E-state index contributed by atoms with van der Waals surface area (Å²) in [6.07, 6.45) is -3.27. The lowest BCUT2D eigenvalue weighted by atomic mass is 10.1. The van der Waals surface area contributed by atoms with Crippen molar-refractivity contribution in [3.8, 4) is 5.75 Å². The highest BCUT2D eigenvalue weighted by atomic mass is 127. The largest absolute Gasteiger partial charge is 0.573 e. The van der Waals surface area contributed by atoms with Gasteiger partial charge in [0.2, 0.25) is 0 Å². The van der Waals surface area contributed by atoms with E-state index < -0.39 is 6.36 Å². The van der Waals surface area contributed by atoms with Crippen molar-refractivity contribution in [3.63, 3.8) is 0 Å². The molecule has 0 aliphatic carbocycles. The van der Waals surface area contributed by atoms with Gasteiger partial charge < -0.3 is 4.74 Å². The van der Waals surface area contributed by atoms with Crippen molar-refractivity contribution in [2.75, 3.05) is 5.88 Å². The van der Waals surface area contributed by atoms with Gasteiger partial charge >= 0.3 is 6.36 Å². The van der Waals surface area contributed by atoms with Crippen LogP contribution in [0.3, 0.4) is 0 Å². The fraction of sp³-hybridized carbons (Fsp3) is 0.400. The number of ether oxygens (including phenoxy) is 1. The van der Waals surface area contributed by atoms with Crippen LogP contribution in [0.15, 0.2) is 18.2 Å². The van der Waals surface area contributed by atoms with Crippen LogP contribution in [0.1, 0.15) is 12.0 Å². The molecule has 0 bridgehead atoms. The smallest absolute Gasteiger partial charge is 0.406 e. The summed E-state index contributed by atoms with van der Waals surface area (Å²) in [5.74, 6) is 0.310. The highest BCUT2D eigenvalue weighted by Crippen LogP contribution is 2.26. The Hall–Kier alpha value is -0.170. The molecule has 0 unspecified atom stereocenters. The molecule has 6 heteroatoms. The molecule has 0 aromatic heterocycles. The molecule has 0 atom stereocenters. The molecule has 90 valence electrons. The molecular weight excluding hydrogens is 355 g/mol. The Bertz CT molecular complexity index is 354. The van der Waals surface area contributed by atoms with Crippen molar-refractivity contribution in [2.45, 2.75) is 19.2 Å². The van der Waals surface area contributed by atoms with Crippen LogP contribution in [0, 0.1) is 3.57 Å². The van der Waals surface area contributed by atoms with E-state index in [0.29, 0.717) is 15.9 Å². The lowest BCUT2D eigenvalue weighted by Crippen LogP contribution is -2.17. The summed E-state index contributed by atoms with van der Waals surface area (Å²) < 4.78 is 40.6. The second-order valence-corrected chi connectivity index (χ2v) is 4.76. The summed E-state index contributed by atoms with van der Waals surface area (Å²) >= 11 is 7.48. The Morgan fingerprint density at radius 1 is 1.25 bits per heavy atom.